The van der Waals surface area contributed by atoms with Crippen molar-refractivity contribution in [2.24, 2.45) is 0 Å². The molecule has 0 N–H and O–H groups in total. The van der Waals surface area contributed by atoms with Gasteiger partial charge >= 0.3 is 0 Å². The van der Waals surface area contributed by atoms with Gasteiger partial charge in [0.1, 0.15) is 0 Å². The van der Waals surface area contributed by atoms with Crippen molar-refractivity contribution in [3.8, 4) is 0 Å². The van der Waals surface area contributed by atoms with Crippen LogP contribution in [0.1, 0.15) is 20.3 Å². The Morgan fingerprint density at radius 2 is 2.30 bits per heavy atom. The van der Waals surface area contributed by atoms with Crippen LogP contribution in [0.2, 0.25) is 0 Å². The Hall–Kier alpha value is -0.500. The fourth-order valence-electron chi connectivity index (χ4n) is 0.685. The molecule has 0 saturated carbocycles. The second-order valence-electron chi connectivity index (χ2n) is 2.09. The standard InChI is InChI=1S/C8H16O2/c1-4-9-7-6-8(3)10-5-2/h4,8H,1,5-7H2,2-3H3. The van der Waals surface area contributed by atoms with Gasteiger partial charge < -0.3 is 9.47 Å². The Morgan fingerprint density at radius 3 is 2.80 bits per heavy atom. The molecular formula is C8H16O2. The predicted octanol–water partition coefficient (Wildman–Crippen LogP) is 1.96. The molecule has 60 valence electrons. The topological polar surface area (TPSA) is 18.5 Å². The van der Waals surface area contributed by atoms with E-state index < -0.39 is 0 Å². The third-order valence-corrected chi connectivity index (χ3v) is 1.21. The normalized spacial score (nSPS) is 12.6. The van der Waals surface area contributed by atoms with Crippen molar-refractivity contribution in [2.45, 2.75) is 26.4 Å². The fraction of sp³-hybridized carbons (Fsp3) is 0.750. The summed E-state index contributed by atoms with van der Waals surface area (Å²) in [4.78, 5) is 0. The zero-order valence-corrected chi connectivity index (χ0v) is 6.80. The number of rotatable bonds is 6. The molecule has 2 nitrogen and oxygen atoms in total. The van der Waals surface area contributed by atoms with Gasteiger partial charge in [-0.2, -0.15) is 0 Å². The van der Waals surface area contributed by atoms with E-state index in [0.29, 0.717) is 12.7 Å². The van der Waals surface area contributed by atoms with E-state index in [2.05, 4.69) is 6.58 Å². The first-order valence-electron chi connectivity index (χ1n) is 3.65. The lowest BCUT2D eigenvalue weighted by Crippen LogP contribution is -2.10. The van der Waals surface area contributed by atoms with Crippen molar-refractivity contribution in [2.75, 3.05) is 13.2 Å². The van der Waals surface area contributed by atoms with Crippen molar-refractivity contribution < 1.29 is 9.47 Å². The van der Waals surface area contributed by atoms with Crippen LogP contribution < -0.4 is 0 Å². The Balaban J connectivity index is 3.04. The summed E-state index contributed by atoms with van der Waals surface area (Å²) in [5.41, 5.74) is 0. The molecule has 1 atom stereocenters. The van der Waals surface area contributed by atoms with Crippen LogP contribution >= 0.6 is 0 Å². The maximum absolute atomic E-state index is 5.27. The van der Waals surface area contributed by atoms with Crippen LogP contribution in [0.25, 0.3) is 0 Å². The summed E-state index contributed by atoms with van der Waals surface area (Å²) in [6.45, 7) is 8.94. The molecule has 0 radical (unpaired) electrons. The minimum atomic E-state index is 0.296. The minimum absolute atomic E-state index is 0.296. The van der Waals surface area contributed by atoms with Crippen molar-refractivity contribution in [1.29, 1.82) is 0 Å². The summed E-state index contributed by atoms with van der Waals surface area (Å²) in [5.74, 6) is 0. The second kappa shape index (κ2) is 6.62. The number of hydrogen-bond donors (Lipinski definition) is 0. The fourth-order valence-corrected chi connectivity index (χ4v) is 0.685. The highest BCUT2D eigenvalue weighted by Crippen LogP contribution is 1.96. The van der Waals surface area contributed by atoms with Gasteiger partial charge in [-0.25, -0.2) is 0 Å². The molecule has 0 aromatic rings. The van der Waals surface area contributed by atoms with Gasteiger partial charge in [-0.3, -0.25) is 0 Å². The highest BCUT2D eigenvalue weighted by atomic mass is 16.5. The van der Waals surface area contributed by atoms with Crippen LogP contribution in [0.15, 0.2) is 12.8 Å². The molecular weight excluding hydrogens is 128 g/mol. The summed E-state index contributed by atoms with van der Waals surface area (Å²) in [6.07, 6.45) is 2.68. The summed E-state index contributed by atoms with van der Waals surface area (Å²) < 4.78 is 10.2. The third-order valence-electron chi connectivity index (χ3n) is 1.21. The Labute approximate surface area is 62.8 Å². The average molecular weight is 144 g/mol. The molecule has 0 spiro atoms. The van der Waals surface area contributed by atoms with E-state index in [1.54, 1.807) is 0 Å². The molecule has 0 aliphatic rings. The van der Waals surface area contributed by atoms with Gasteiger partial charge in [0.15, 0.2) is 0 Å². The predicted molar refractivity (Wildman–Crippen MR) is 41.9 cm³/mol. The van der Waals surface area contributed by atoms with Crippen LogP contribution in [-0.2, 0) is 9.47 Å². The first kappa shape index (κ1) is 9.50. The van der Waals surface area contributed by atoms with Gasteiger partial charge in [-0.15, -0.1) is 0 Å². The SMILES string of the molecule is C=COCCC(C)OCC. The van der Waals surface area contributed by atoms with Crippen LogP contribution in [0, 0.1) is 0 Å². The van der Waals surface area contributed by atoms with E-state index in [9.17, 15) is 0 Å². The molecule has 0 aromatic carbocycles. The van der Waals surface area contributed by atoms with Crippen LogP contribution in [0.4, 0.5) is 0 Å². The molecule has 0 bridgehead atoms. The van der Waals surface area contributed by atoms with Gasteiger partial charge in [0.25, 0.3) is 0 Å². The monoisotopic (exact) mass is 144 g/mol. The summed E-state index contributed by atoms with van der Waals surface area (Å²) >= 11 is 0. The van der Waals surface area contributed by atoms with Crippen molar-refractivity contribution in [3.05, 3.63) is 12.8 Å². The van der Waals surface area contributed by atoms with E-state index in [1.807, 2.05) is 13.8 Å². The molecule has 0 aromatic heterocycles. The minimum Gasteiger partial charge on any atom is -0.502 e. The quantitative estimate of drug-likeness (QED) is 0.419. The van der Waals surface area contributed by atoms with Crippen molar-refractivity contribution in [1.82, 2.24) is 0 Å². The molecule has 0 aliphatic heterocycles. The lowest BCUT2D eigenvalue weighted by atomic mass is 10.3. The summed E-state index contributed by atoms with van der Waals surface area (Å²) in [7, 11) is 0. The highest BCUT2D eigenvalue weighted by molar-refractivity contribution is 4.52. The molecule has 0 heterocycles. The number of hydrogen-bond acceptors (Lipinski definition) is 2. The third kappa shape index (κ3) is 5.63. The first-order valence-corrected chi connectivity index (χ1v) is 3.65. The Morgan fingerprint density at radius 1 is 1.60 bits per heavy atom. The van der Waals surface area contributed by atoms with Crippen molar-refractivity contribution >= 4 is 0 Å². The van der Waals surface area contributed by atoms with Gasteiger partial charge in [0, 0.05) is 13.0 Å². The first-order chi connectivity index (χ1) is 4.81. The Bertz CT molecular complexity index is 81.3. The van der Waals surface area contributed by atoms with Crippen molar-refractivity contribution in [3.63, 3.8) is 0 Å². The smallest absolute Gasteiger partial charge is 0.0897 e. The highest BCUT2D eigenvalue weighted by Gasteiger charge is 1.98. The van der Waals surface area contributed by atoms with Gasteiger partial charge in [-0.05, 0) is 13.8 Å². The zero-order chi connectivity index (χ0) is 7.82. The van der Waals surface area contributed by atoms with E-state index in [4.69, 9.17) is 9.47 Å². The molecule has 0 rings (SSSR count). The van der Waals surface area contributed by atoms with E-state index >= 15 is 0 Å². The van der Waals surface area contributed by atoms with Crippen LogP contribution in [-0.4, -0.2) is 19.3 Å². The molecule has 2 heteroatoms. The molecule has 10 heavy (non-hydrogen) atoms. The maximum Gasteiger partial charge on any atom is 0.0897 e. The van der Waals surface area contributed by atoms with E-state index in [1.165, 1.54) is 6.26 Å². The zero-order valence-electron chi connectivity index (χ0n) is 6.80. The molecule has 0 fully saturated rings. The average Bonchev–Trinajstić information content (AvgIpc) is 1.89. The molecule has 1 unspecified atom stereocenters. The molecule has 0 amide bonds. The van der Waals surface area contributed by atoms with Gasteiger partial charge in [-0.1, -0.05) is 6.58 Å². The van der Waals surface area contributed by atoms with E-state index in [-0.39, 0.29) is 0 Å². The van der Waals surface area contributed by atoms with Crippen LogP contribution in [0.5, 0.6) is 0 Å². The van der Waals surface area contributed by atoms with Gasteiger partial charge in [0.05, 0.1) is 19.0 Å². The van der Waals surface area contributed by atoms with E-state index in [0.717, 1.165) is 13.0 Å². The lowest BCUT2D eigenvalue weighted by Gasteiger charge is -2.09. The number of ether oxygens (including phenoxy) is 2. The maximum atomic E-state index is 5.27. The van der Waals surface area contributed by atoms with Crippen LogP contribution in [0.3, 0.4) is 0 Å². The lowest BCUT2D eigenvalue weighted by molar-refractivity contribution is 0.0544. The largest absolute Gasteiger partial charge is 0.502 e. The Kier molecular flexibility index (Phi) is 6.29. The van der Waals surface area contributed by atoms with Gasteiger partial charge in [0.2, 0.25) is 0 Å². The molecule has 0 aliphatic carbocycles. The molecule has 0 saturated heterocycles. The summed E-state index contributed by atoms with van der Waals surface area (Å²) in [6, 6.07) is 0. The second-order valence-corrected chi connectivity index (χ2v) is 2.09. The summed E-state index contributed by atoms with van der Waals surface area (Å²) in [5, 5.41) is 0.